The molecule has 0 fully saturated rings. The number of amides is 2. The van der Waals surface area contributed by atoms with Gasteiger partial charge in [-0.1, -0.05) is 0 Å². The third-order valence-electron chi connectivity index (χ3n) is 5.54. The van der Waals surface area contributed by atoms with E-state index in [1.54, 1.807) is 6.92 Å². The number of pyridine rings is 2. The summed E-state index contributed by atoms with van der Waals surface area (Å²) in [6.07, 6.45) is 0.946. The van der Waals surface area contributed by atoms with Gasteiger partial charge in [-0.05, 0) is 45.0 Å². The largest absolute Gasteiger partial charge is 0.507 e. The van der Waals surface area contributed by atoms with Crippen molar-refractivity contribution in [3.05, 3.63) is 65.2 Å². The van der Waals surface area contributed by atoms with Crippen LogP contribution in [-0.2, 0) is 9.59 Å². The molecule has 0 saturated carbocycles. The predicted molar refractivity (Wildman–Crippen MR) is 120 cm³/mol. The van der Waals surface area contributed by atoms with E-state index in [1.807, 2.05) is 0 Å². The summed E-state index contributed by atoms with van der Waals surface area (Å²) < 4.78 is 29.0. The number of aromatic hydroxyl groups is 1. The molecule has 10 heteroatoms. The lowest BCUT2D eigenvalue weighted by molar-refractivity contribution is -0.122. The molecule has 0 bridgehead atoms. The summed E-state index contributed by atoms with van der Waals surface area (Å²) in [7, 11) is 0. The van der Waals surface area contributed by atoms with Crippen molar-refractivity contribution >= 4 is 29.0 Å². The summed E-state index contributed by atoms with van der Waals surface area (Å²) in [6, 6.07) is 6.55. The number of aromatic nitrogens is 2. The molecular formula is C24H20F2N4O4. The zero-order chi connectivity index (χ0) is 24.7. The lowest BCUT2D eigenvalue weighted by Crippen LogP contribution is -2.40. The first-order valence-corrected chi connectivity index (χ1v) is 10.3. The van der Waals surface area contributed by atoms with Crippen LogP contribution in [0.4, 0.5) is 20.2 Å². The smallest absolute Gasteiger partial charge is 0.244 e. The van der Waals surface area contributed by atoms with Crippen LogP contribution in [0.25, 0.3) is 11.1 Å². The third kappa shape index (κ3) is 4.09. The van der Waals surface area contributed by atoms with Gasteiger partial charge in [-0.15, -0.1) is 0 Å². The third-order valence-corrected chi connectivity index (χ3v) is 5.54. The molecule has 34 heavy (non-hydrogen) atoms. The minimum Gasteiger partial charge on any atom is -0.507 e. The highest BCUT2D eigenvalue weighted by molar-refractivity contribution is 6.09. The maximum absolute atomic E-state index is 15.0. The van der Waals surface area contributed by atoms with Crippen LogP contribution in [0.15, 0.2) is 36.5 Å². The Bertz CT molecular complexity index is 1360. The molecule has 0 saturated heterocycles. The van der Waals surface area contributed by atoms with Crippen molar-refractivity contribution < 1.29 is 28.3 Å². The summed E-state index contributed by atoms with van der Waals surface area (Å²) in [5.41, 5.74) is 0.768. The SMILES string of the molecule is CC(=O)c1ccc(NC(=O)CN2C(=O)[C@H](C)c3ncc(F)cc3-c3c2cc(C)nc3F)cc1O. The Morgan fingerprint density at radius 2 is 1.94 bits per heavy atom. The molecule has 0 unspecified atom stereocenters. The highest BCUT2D eigenvalue weighted by Crippen LogP contribution is 2.41. The molecule has 8 nitrogen and oxygen atoms in total. The van der Waals surface area contributed by atoms with Gasteiger partial charge >= 0.3 is 0 Å². The van der Waals surface area contributed by atoms with Crippen molar-refractivity contribution in [2.75, 3.05) is 16.8 Å². The monoisotopic (exact) mass is 466 g/mol. The highest BCUT2D eigenvalue weighted by atomic mass is 19.1. The number of rotatable bonds is 4. The number of Topliss-reactive ketones (excluding diaryl/α,β-unsaturated/α-hetero) is 1. The molecule has 174 valence electrons. The summed E-state index contributed by atoms with van der Waals surface area (Å²) >= 11 is 0. The molecule has 1 aliphatic rings. The van der Waals surface area contributed by atoms with E-state index in [1.165, 1.54) is 38.1 Å². The number of halogens is 2. The number of anilines is 2. The van der Waals surface area contributed by atoms with Crippen LogP contribution < -0.4 is 10.2 Å². The Balaban J connectivity index is 1.73. The molecule has 4 rings (SSSR count). The van der Waals surface area contributed by atoms with Gasteiger partial charge in [0.05, 0.1) is 34.6 Å². The normalized spacial score (nSPS) is 14.8. The van der Waals surface area contributed by atoms with Gasteiger partial charge in [-0.25, -0.2) is 9.37 Å². The molecule has 0 spiro atoms. The van der Waals surface area contributed by atoms with Crippen molar-refractivity contribution in [3.63, 3.8) is 0 Å². The number of nitrogens with zero attached hydrogens (tertiary/aromatic N) is 3. The van der Waals surface area contributed by atoms with Gasteiger partial charge < -0.3 is 15.3 Å². The fourth-order valence-corrected chi connectivity index (χ4v) is 3.96. The van der Waals surface area contributed by atoms with Crippen LogP contribution in [0.1, 0.15) is 41.5 Å². The number of nitrogens with one attached hydrogen (secondary N) is 1. The average molecular weight is 466 g/mol. The van der Waals surface area contributed by atoms with Crippen LogP contribution in [0.3, 0.4) is 0 Å². The van der Waals surface area contributed by atoms with Crippen molar-refractivity contribution in [2.45, 2.75) is 26.7 Å². The molecule has 2 amide bonds. The minimum atomic E-state index is -0.916. The lowest BCUT2D eigenvalue weighted by Gasteiger charge is -2.24. The summed E-state index contributed by atoms with van der Waals surface area (Å²) in [5, 5.41) is 12.6. The molecule has 0 aliphatic carbocycles. The van der Waals surface area contributed by atoms with E-state index in [-0.39, 0.29) is 51.0 Å². The Kier molecular flexibility index (Phi) is 5.82. The van der Waals surface area contributed by atoms with Crippen LogP contribution in [0.5, 0.6) is 5.75 Å². The van der Waals surface area contributed by atoms with Gasteiger partial charge in [0.2, 0.25) is 17.8 Å². The second kappa shape index (κ2) is 8.62. The van der Waals surface area contributed by atoms with E-state index in [2.05, 4.69) is 15.3 Å². The molecule has 3 heterocycles. The predicted octanol–water partition coefficient (Wildman–Crippen LogP) is 3.73. The number of benzene rings is 1. The van der Waals surface area contributed by atoms with Gasteiger partial charge in [0.1, 0.15) is 18.1 Å². The van der Waals surface area contributed by atoms with Gasteiger partial charge in [-0.3, -0.25) is 19.4 Å². The summed E-state index contributed by atoms with van der Waals surface area (Å²) in [4.78, 5) is 46.6. The van der Waals surface area contributed by atoms with Gasteiger partial charge in [0, 0.05) is 23.0 Å². The fourth-order valence-electron chi connectivity index (χ4n) is 3.96. The Labute approximate surface area is 193 Å². The second-order valence-corrected chi connectivity index (χ2v) is 8.02. The molecular weight excluding hydrogens is 446 g/mol. The highest BCUT2D eigenvalue weighted by Gasteiger charge is 2.36. The fraction of sp³-hybridized carbons (Fsp3) is 0.208. The number of carbonyl (C=O) groups excluding carboxylic acids is 3. The topological polar surface area (TPSA) is 112 Å². The van der Waals surface area contributed by atoms with Gasteiger partial charge in [0.15, 0.2) is 5.78 Å². The number of phenols is 1. The number of ketones is 1. The molecule has 2 aromatic heterocycles. The second-order valence-electron chi connectivity index (χ2n) is 8.02. The summed E-state index contributed by atoms with van der Waals surface area (Å²) in [6.45, 7) is 3.88. The van der Waals surface area contributed by atoms with Crippen LogP contribution in [0, 0.1) is 18.7 Å². The molecule has 1 aliphatic heterocycles. The first-order chi connectivity index (χ1) is 16.1. The molecule has 0 radical (unpaired) electrons. The van der Waals surface area contributed by atoms with E-state index in [4.69, 9.17) is 0 Å². The minimum absolute atomic E-state index is 0.0675. The number of aryl methyl sites for hydroxylation is 1. The Morgan fingerprint density at radius 1 is 1.21 bits per heavy atom. The standard InChI is InChI=1S/C24H20F2N4O4/c1-11-6-18-21(23(26)28-11)17-7-14(25)9-27-22(17)12(2)24(34)30(18)10-20(33)29-15-4-5-16(13(3)31)19(32)8-15/h4-9,12,32H,10H2,1-3H3,(H,29,33)/t12-/m1/s1. The van der Waals surface area contributed by atoms with E-state index in [0.717, 1.165) is 17.2 Å². The molecule has 2 N–H and O–H groups in total. The zero-order valence-corrected chi connectivity index (χ0v) is 18.5. The first kappa shape index (κ1) is 23.0. The van der Waals surface area contributed by atoms with Gasteiger partial charge in [-0.2, -0.15) is 4.39 Å². The maximum atomic E-state index is 15.0. The maximum Gasteiger partial charge on any atom is 0.244 e. The van der Waals surface area contributed by atoms with E-state index < -0.39 is 36.0 Å². The number of hydrogen-bond donors (Lipinski definition) is 2. The molecule has 3 aromatic rings. The van der Waals surface area contributed by atoms with Crippen molar-refractivity contribution in [3.8, 4) is 16.9 Å². The average Bonchev–Trinajstić information content (AvgIpc) is 2.83. The van der Waals surface area contributed by atoms with Crippen LogP contribution in [-0.4, -0.2) is 39.2 Å². The Hall–Kier alpha value is -4.21. The zero-order valence-electron chi connectivity index (χ0n) is 18.5. The first-order valence-electron chi connectivity index (χ1n) is 10.3. The Morgan fingerprint density at radius 3 is 2.62 bits per heavy atom. The number of phenolic OH excluding ortho intramolecular Hbond substituents is 1. The van der Waals surface area contributed by atoms with Crippen LogP contribution in [0.2, 0.25) is 0 Å². The quantitative estimate of drug-likeness (QED) is 0.448. The number of fused-ring (bicyclic) bond motifs is 3. The van der Waals surface area contributed by atoms with Crippen molar-refractivity contribution in [1.29, 1.82) is 0 Å². The number of hydrogen-bond acceptors (Lipinski definition) is 6. The molecule has 1 aromatic carbocycles. The van der Waals surface area contributed by atoms with Gasteiger partial charge in [0.25, 0.3) is 0 Å². The summed E-state index contributed by atoms with van der Waals surface area (Å²) in [5.74, 6) is -4.33. The van der Waals surface area contributed by atoms with E-state index in [9.17, 15) is 23.9 Å². The molecule has 1 atom stereocenters. The van der Waals surface area contributed by atoms with Crippen LogP contribution >= 0.6 is 0 Å². The number of carbonyl (C=O) groups is 3. The van der Waals surface area contributed by atoms with Crippen molar-refractivity contribution in [2.24, 2.45) is 0 Å². The van der Waals surface area contributed by atoms with E-state index in [0.29, 0.717) is 0 Å². The lowest BCUT2D eigenvalue weighted by atomic mass is 9.98. The van der Waals surface area contributed by atoms with Crippen molar-refractivity contribution in [1.82, 2.24) is 9.97 Å². The van der Waals surface area contributed by atoms with E-state index >= 15 is 4.39 Å².